The summed E-state index contributed by atoms with van der Waals surface area (Å²) in [7, 11) is 0. The summed E-state index contributed by atoms with van der Waals surface area (Å²) in [4.78, 5) is 15.8. The number of aromatic hydroxyl groups is 1. The Labute approximate surface area is 174 Å². The molecular weight excluding hydrogens is 502 g/mol. The van der Waals surface area contributed by atoms with Crippen molar-refractivity contribution in [2.75, 3.05) is 5.75 Å². The highest BCUT2D eigenvalue weighted by Gasteiger charge is 2.11. The van der Waals surface area contributed by atoms with Crippen molar-refractivity contribution in [3.63, 3.8) is 0 Å². The molecule has 1 amide bonds. The summed E-state index contributed by atoms with van der Waals surface area (Å²) in [6.45, 7) is 0. The maximum Gasteiger partial charge on any atom is 0.277 e. The quantitative estimate of drug-likeness (QED) is 0.294. The summed E-state index contributed by atoms with van der Waals surface area (Å²) in [6.07, 6.45) is 4.60. The topological polar surface area (TPSA) is 114 Å². The van der Waals surface area contributed by atoms with Gasteiger partial charge in [-0.2, -0.15) is 5.10 Å². The minimum absolute atomic E-state index is 0.0278. The molecule has 2 heterocycles. The first-order chi connectivity index (χ1) is 13.0. The van der Waals surface area contributed by atoms with Gasteiger partial charge in [0.25, 0.3) is 11.1 Å². The van der Waals surface area contributed by atoms with Crippen molar-refractivity contribution in [2.24, 2.45) is 5.10 Å². The Hall–Kier alpha value is -2.24. The van der Waals surface area contributed by atoms with Crippen LogP contribution in [0.5, 0.6) is 5.75 Å². The fraction of sp³-hybridized carbons (Fsp3) is 0.0625. The van der Waals surface area contributed by atoms with Crippen LogP contribution in [0.3, 0.4) is 0 Å². The summed E-state index contributed by atoms with van der Waals surface area (Å²) in [5.41, 5.74) is 3.57. The van der Waals surface area contributed by atoms with Gasteiger partial charge in [-0.05, 0) is 40.2 Å². The number of hydrogen-bond acceptors (Lipinski definition) is 8. The lowest BCUT2D eigenvalue weighted by molar-refractivity contribution is -0.118. The summed E-state index contributed by atoms with van der Waals surface area (Å²) in [5.74, 6) is 0.0753. The van der Waals surface area contributed by atoms with Gasteiger partial charge in [0, 0.05) is 28.0 Å². The van der Waals surface area contributed by atoms with Crippen molar-refractivity contribution in [1.29, 1.82) is 0 Å². The van der Waals surface area contributed by atoms with E-state index in [2.05, 4.69) is 57.6 Å². The van der Waals surface area contributed by atoms with Crippen LogP contribution in [0.1, 0.15) is 5.56 Å². The maximum absolute atomic E-state index is 11.9. The van der Waals surface area contributed by atoms with Crippen LogP contribution in [0.25, 0.3) is 11.5 Å². The number of phenolic OH excluding ortho intramolecular Hbond substituents is 1. The zero-order chi connectivity index (χ0) is 19.2. The molecule has 2 N–H and O–H groups in total. The van der Waals surface area contributed by atoms with Crippen molar-refractivity contribution < 1.29 is 14.3 Å². The second-order valence-corrected chi connectivity index (χ2v) is 7.71. The van der Waals surface area contributed by atoms with E-state index in [9.17, 15) is 9.90 Å². The van der Waals surface area contributed by atoms with E-state index in [-0.39, 0.29) is 22.6 Å². The van der Waals surface area contributed by atoms with Crippen LogP contribution in [-0.4, -0.2) is 38.2 Å². The molecule has 8 nitrogen and oxygen atoms in total. The predicted molar refractivity (Wildman–Crippen MR) is 107 cm³/mol. The molecule has 0 aliphatic rings. The number of nitrogens with one attached hydrogen (secondary N) is 1. The largest absolute Gasteiger partial charge is 0.506 e. The number of aromatic nitrogens is 3. The molecule has 0 bridgehead atoms. The van der Waals surface area contributed by atoms with Gasteiger partial charge in [0.05, 0.1) is 16.4 Å². The van der Waals surface area contributed by atoms with Gasteiger partial charge < -0.3 is 9.52 Å². The predicted octanol–water partition coefficient (Wildman–Crippen LogP) is 3.60. The minimum Gasteiger partial charge on any atom is -0.506 e. The van der Waals surface area contributed by atoms with Gasteiger partial charge in [-0.15, -0.1) is 10.2 Å². The van der Waals surface area contributed by atoms with Crippen molar-refractivity contribution in [1.82, 2.24) is 20.6 Å². The highest BCUT2D eigenvalue weighted by atomic mass is 79.9. The maximum atomic E-state index is 11.9. The second kappa shape index (κ2) is 9.11. The Balaban J connectivity index is 1.53. The number of carbonyl (C=O) groups is 1. The monoisotopic (exact) mass is 511 g/mol. The Morgan fingerprint density at radius 3 is 2.85 bits per heavy atom. The van der Waals surface area contributed by atoms with Gasteiger partial charge in [0.15, 0.2) is 0 Å². The van der Waals surface area contributed by atoms with Crippen LogP contribution in [0, 0.1) is 0 Å². The van der Waals surface area contributed by atoms with Crippen LogP contribution in [0.4, 0.5) is 0 Å². The fourth-order valence-electron chi connectivity index (χ4n) is 1.90. The molecular formula is C16H11Br2N5O3S. The lowest BCUT2D eigenvalue weighted by Crippen LogP contribution is -2.19. The number of hydrazone groups is 1. The van der Waals surface area contributed by atoms with Crippen LogP contribution < -0.4 is 5.43 Å². The molecule has 0 fully saturated rings. The van der Waals surface area contributed by atoms with Gasteiger partial charge in [-0.1, -0.05) is 27.7 Å². The van der Waals surface area contributed by atoms with E-state index in [4.69, 9.17) is 4.42 Å². The van der Waals surface area contributed by atoms with Gasteiger partial charge in [-0.25, -0.2) is 5.43 Å². The molecule has 2 aromatic heterocycles. The Bertz CT molecular complexity index is 981. The van der Waals surface area contributed by atoms with Gasteiger partial charge in [0.2, 0.25) is 5.89 Å². The Morgan fingerprint density at radius 2 is 2.07 bits per heavy atom. The summed E-state index contributed by atoms with van der Waals surface area (Å²) in [5, 5.41) is 21.9. The zero-order valence-electron chi connectivity index (χ0n) is 13.5. The number of thioether (sulfide) groups is 1. The number of hydrogen-bond donors (Lipinski definition) is 2. The van der Waals surface area contributed by atoms with Gasteiger partial charge >= 0.3 is 0 Å². The molecule has 0 atom stereocenters. The van der Waals surface area contributed by atoms with E-state index in [1.807, 2.05) is 0 Å². The Morgan fingerprint density at radius 1 is 1.30 bits per heavy atom. The van der Waals surface area contributed by atoms with E-state index in [0.717, 1.165) is 21.8 Å². The molecule has 0 aliphatic heterocycles. The van der Waals surface area contributed by atoms with E-state index in [0.29, 0.717) is 15.9 Å². The smallest absolute Gasteiger partial charge is 0.277 e. The molecule has 3 aromatic rings. The molecule has 0 radical (unpaired) electrons. The number of carbonyl (C=O) groups excluding carboxylic acids is 1. The van der Waals surface area contributed by atoms with Crippen molar-refractivity contribution in [3.05, 3.63) is 51.2 Å². The summed E-state index contributed by atoms with van der Waals surface area (Å²) >= 11 is 7.64. The molecule has 1 aromatic carbocycles. The van der Waals surface area contributed by atoms with E-state index >= 15 is 0 Å². The lowest BCUT2D eigenvalue weighted by Gasteiger charge is -2.03. The van der Waals surface area contributed by atoms with Crippen molar-refractivity contribution in [2.45, 2.75) is 5.22 Å². The number of nitrogens with zero attached hydrogens (tertiary/aromatic N) is 4. The highest BCUT2D eigenvalue weighted by Crippen LogP contribution is 2.30. The van der Waals surface area contributed by atoms with Crippen LogP contribution >= 0.6 is 43.6 Å². The first kappa shape index (κ1) is 19.5. The first-order valence-electron chi connectivity index (χ1n) is 7.39. The molecule has 3 rings (SSSR count). The number of rotatable bonds is 6. The first-order valence-corrected chi connectivity index (χ1v) is 9.96. The molecule has 0 unspecified atom stereocenters. The molecule has 27 heavy (non-hydrogen) atoms. The highest BCUT2D eigenvalue weighted by molar-refractivity contribution is 9.11. The Kier molecular flexibility index (Phi) is 6.58. The molecule has 0 saturated heterocycles. The SMILES string of the molecule is O=C(CSc1nnc(-c2ccncc2)o1)N/N=C/c1cc(Br)cc(Br)c1O. The average molecular weight is 513 g/mol. The number of benzene rings is 1. The molecule has 0 saturated carbocycles. The van der Waals surface area contributed by atoms with E-state index in [1.165, 1.54) is 6.21 Å². The van der Waals surface area contributed by atoms with Crippen molar-refractivity contribution >= 4 is 55.7 Å². The third kappa shape index (κ3) is 5.37. The average Bonchev–Trinajstić information content (AvgIpc) is 3.14. The van der Waals surface area contributed by atoms with Crippen LogP contribution in [0.2, 0.25) is 0 Å². The van der Waals surface area contributed by atoms with Crippen LogP contribution in [-0.2, 0) is 4.79 Å². The normalized spacial score (nSPS) is 11.0. The number of phenols is 1. The second-order valence-electron chi connectivity index (χ2n) is 5.02. The van der Waals surface area contributed by atoms with Crippen molar-refractivity contribution in [3.8, 4) is 17.2 Å². The third-order valence-electron chi connectivity index (χ3n) is 3.11. The fourth-order valence-corrected chi connectivity index (χ4v) is 3.71. The lowest BCUT2D eigenvalue weighted by atomic mass is 10.2. The zero-order valence-corrected chi connectivity index (χ0v) is 17.5. The molecule has 0 aliphatic carbocycles. The molecule has 11 heteroatoms. The standard InChI is InChI=1S/C16H11Br2N5O3S/c17-11-5-10(14(25)12(18)6-11)7-20-21-13(24)8-27-16-23-22-15(26-16)9-1-3-19-4-2-9/h1-7,25H,8H2,(H,21,24)/b20-7+. The number of halogens is 2. The third-order valence-corrected chi connectivity index (χ3v) is 4.99. The van der Waals surface area contributed by atoms with E-state index < -0.39 is 0 Å². The minimum atomic E-state index is -0.353. The summed E-state index contributed by atoms with van der Waals surface area (Å²) < 4.78 is 6.76. The van der Waals surface area contributed by atoms with Gasteiger partial charge in [-0.3, -0.25) is 9.78 Å². The molecule has 0 spiro atoms. The summed E-state index contributed by atoms with van der Waals surface area (Å²) in [6, 6.07) is 6.87. The van der Waals surface area contributed by atoms with E-state index in [1.54, 1.807) is 36.7 Å². The van der Waals surface area contributed by atoms with Crippen LogP contribution in [0.15, 0.2) is 60.3 Å². The van der Waals surface area contributed by atoms with Gasteiger partial charge in [0.1, 0.15) is 5.75 Å². The molecule has 138 valence electrons. The number of pyridine rings is 1. The number of amides is 1.